The van der Waals surface area contributed by atoms with E-state index in [9.17, 15) is 4.79 Å². The number of thioether (sulfide) groups is 1. The number of benzene rings is 2. The molecule has 0 bridgehead atoms. The van der Waals surface area contributed by atoms with Crippen molar-refractivity contribution in [3.05, 3.63) is 54.6 Å². The van der Waals surface area contributed by atoms with Gasteiger partial charge in [0.25, 0.3) is 0 Å². The number of aromatic nitrogens is 2. The molecule has 0 atom stereocenters. The number of hydrogen-bond donors (Lipinski definition) is 2. The molecule has 1 fully saturated rings. The minimum absolute atomic E-state index is 0.0800. The second-order valence-electron chi connectivity index (χ2n) is 6.07. The number of carbonyl (C=O) groups excluding carboxylic acids is 1. The second kappa shape index (κ2) is 8.41. The third-order valence-corrected chi connectivity index (χ3v) is 5.74. The third kappa shape index (κ3) is 5.45. The van der Waals surface area contributed by atoms with Crippen molar-refractivity contribution in [2.75, 3.05) is 16.4 Å². The Morgan fingerprint density at radius 3 is 2.56 bits per heavy atom. The van der Waals surface area contributed by atoms with Gasteiger partial charge >= 0.3 is 0 Å². The maximum Gasteiger partial charge on any atom is 0.234 e. The van der Waals surface area contributed by atoms with Crippen LogP contribution in [0.1, 0.15) is 12.8 Å². The van der Waals surface area contributed by atoms with Crippen LogP contribution in [0.15, 0.2) is 58.9 Å². The Hall–Kier alpha value is -2.58. The predicted octanol–water partition coefficient (Wildman–Crippen LogP) is 4.64. The number of nitrogens with one attached hydrogen (secondary N) is 2. The summed E-state index contributed by atoms with van der Waals surface area (Å²) in [6, 6.07) is 17.4. The summed E-state index contributed by atoms with van der Waals surface area (Å²) in [5.41, 5.74) is 0.731. The monoisotopic (exact) mass is 398 g/mol. The van der Waals surface area contributed by atoms with Crippen LogP contribution < -0.4 is 15.4 Å². The number of anilines is 2. The highest BCUT2D eigenvalue weighted by atomic mass is 32.2. The SMILES string of the molecule is O=C(CSc1nnc(NC2CC2)s1)Nc1ccc(Oc2ccccc2)cc1. The Labute approximate surface area is 165 Å². The van der Waals surface area contributed by atoms with Crippen LogP contribution in [-0.4, -0.2) is 27.9 Å². The van der Waals surface area contributed by atoms with Crippen molar-refractivity contribution >= 4 is 39.8 Å². The molecule has 27 heavy (non-hydrogen) atoms. The number of ether oxygens (including phenoxy) is 1. The maximum absolute atomic E-state index is 12.1. The van der Waals surface area contributed by atoms with Gasteiger partial charge < -0.3 is 15.4 Å². The van der Waals surface area contributed by atoms with Crippen LogP contribution in [0.4, 0.5) is 10.8 Å². The number of carbonyl (C=O) groups is 1. The number of rotatable bonds is 8. The first-order valence-corrected chi connectivity index (χ1v) is 10.4. The van der Waals surface area contributed by atoms with Crippen LogP contribution in [0.2, 0.25) is 0 Å². The summed E-state index contributed by atoms with van der Waals surface area (Å²) in [5.74, 6) is 1.71. The van der Waals surface area contributed by atoms with Crippen LogP contribution in [0.3, 0.4) is 0 Å². The summed E-state index contributed by atoms with van der Waals surface area (Å²) < 4.78 is 6.53. The van der Waals surface area contributed by atoms with E-state index in [1.54, 1.807) is 0 Å². The lowest BCUT2D eigenvalue weighted by Crippen LogP contribution is -2.13. The van der Waals surface area contributed by atoms with Crippen molar-refractivity contribution in [1.29, 1.82) is 0 Å². The molecule has 1 aromatic heterocycles. The van der Waals surface area contributed by atoms with Gasteiger partial charge in [0.15, 0.2) is 4.34 Å². The van der Waals surface area contributed by atoms with Crippen LogP contribution in [0.5, 0.6) is 11.5 Å². The minimum Gasteiger partial charge on any atom is -0.457 e. The van der Waals surface area contributed by atoms with Crippen LogP contribution in [0, 0.1) is 0 Å². The molecular weight excluding hydrogens is 380 g/mol. The van der Waals surface area contributed by atoms with Crippen molar-refractivity contribution in [1.82, 2.24) is 10.2 Å². The molecule has 0 aliphatic heterocycles. The molecule has 0 spiro atoms. The van der Waals surface area contributed by atoms with Crippen molar-refractivity contribution in [3.8, 4) is 11.5 Å². The molecule has 2 N–H and O–H groups in total. The Balaban J connectivity index is 1.24. The highest BCUT2D eigenvalue weighted by Gasteiger charge is 2.22. The Kier molecular flexibility index (Phi) is 5.55. The smallest absolute Gasteiger partial charge is 0.234 e. The summed E-state index contributed by atoms with van der Waals surface area (Å²) >= 11 is 2.87. The van der Waals surface area contributed by atoms with Crippen LogP contribution >= 0.6 is 23.1 Å². The van der Waals surface area contributed by atoms with Gasteiger partial charge in [-0.3, -0.25) is 4.79 Å². The van der Waals surface area contributed by atoms with Gasteiger partial charge in [-0.15, -0.1) is 10.2 Å². The van der Waals surface area contributed by atoms with E-state index in [1.807, 2.05) is 54.6 Å². The summed E-state index contributed by atoms with van der Waals surface area (Å²) in [6.45, 7) is 0. The van der Waals surface area contributed by atoms with Crippen molar-refractivity contribution in [3.63, 3.8) is 0 Å². The zero-order chi connectivity index (χ0) is 18.5. The zero-order valence-corrected chi connectivity index (χ0v) is 16.1. The first-order valence-electron chi connectivity index (χ1n) is 8.60. The highest BCUT2D eigenvalue weighted by Crippen LogP contribution is 2.30. The fourth-order valence-corrected chi connectivity index (χ4v) is 3.91. The minimum atomic E-state index is -0.0800. The molecule has 1 saturated carbocycles. The van der Waals surface area contributed by atoms with E-state index < -0.39 is 0 Å². The molecule has 4 rings (SSSR count). The molecule has 8 heteroatoms. The molecule has 0 radical (unpaired) electrons. The lowest BCUT2D eigenvalue weighted by atomic mass is 10.3. The fraction of sp³-hybridized carbons (Fsp3) is 0.211. The van der Waals surface area contributed by atoms with E-state index >= 15 is 0 Å². The van der Waals surface area contributed by atoms with Crippen molar-refractivity contribution in [2.45, 2.75) is 23.2 Å². The molecule has 6 nitrogen and oxygen atoms in total. The Bertz CT molecular complexity index is 896. The Morgan fingerprint density at radius 1 is 1.07 bits per heavy atom. The summed E-state index contributed by atoms with van der Waals surface area (Å²) in [4.78, 5) is 12.1. The van der Waals surface area contributed by atoms with Crippen LogP contribution in [0.25, 0.3) is 0 Å². The molecule has 1 heterocycles. The van der Waals surface area contributed by atoms with E-state index in [2.05, 4.69) is 20.8 Å². The zero-order valence-electron chi connectivity index (χ0n) is 14.4. The molecule has 1 aliphatic carbocycles. The van der Waals surface area contributed by atoms with Gasteiger partial charge in [0.05, 0.1) is 5.75 Å². The van der Waals surface area contributed by atoms with Gasteiger partial charge in [-0.05, 0) is 49.2 Å². The Morgan fingerprint density at radius 2 is 1.81 bits per heavy atom. The third-order valence-electron chi connectivity index (χ3n) is 3.76. The normalized spacial score (nSPS) is 13.2. The predicted molar refractivity (Wildman–Crippen MR) is 109 cm³/mol. The lowest BCUT2D eigenvalue weighted by molar-refractivity contribution is -0.113. The maximum atomic E-state index is 12.1. The lowest BCUT2D eigenvalue weighted by Gasteiger charge is -2.07. The molecule has 3 aromatic rings. The number of nitrogens with zero attached hydrogens (tertiary/aromatic N) is 2. The number of para-hydroxylation sites is 1. The summed E-state index contributed by atoms with van der Waals surface area (Å²) in [7, 11) is 0. The van der Waals surface area contributed by atoms with E-state index in [1.165, 1.54) is 35.9 Å². The second-order valence-corrected chi connectivity index (χ2v) is 8.27. The largest absolute Gasteiger partial charge is 0.457 e. The van der Waals surface area contributed by atoms with Gasteiger partial charge in [0.2, 0.25) is 11.0 Å². The fourth-order valence-electron chi connectivity index (χ4n) is 2.28. The quantitative estimate of drug-likeness (QED) is 0.539. The van der Waals surface area contributed by atoms with E-state index in [0.29, 0.717) is 11.8 Å². The summed E-state index contributed by atoms with van der Waals surface area (Å²) in [5, 5.41) is 15.2. The molecule has 0 saturated heterocycles. The summed E-state index contributed by atoms with van der Waals surface area (Å²) in [6.07, 6.45) is 2.39. The van der Waals surface area contributed by atoms with E-state index in [4.69, 9.17) is 4.74 Å². The molecule has 0 unspecified atom stereocenters. The van der Waals surface area contributed by atoms with E-state index in [0.717, 1.165) is 26.7 Å². The molecule has 138 valence electrons. The van der Waals surface area contributed by atoms with Gasteiger partial charge in [0, 0.05) is 11.7 Å². The standard InChI is InChI=1S/C19H18N4O2S2/c24-17(12-26-19-23-22-18(27-19)21-14-6-7-14)20-13-8-10-16(11-9-13)25-15-4-2-1-3-5-15/h1-5,8-11,14H,6-7,12H2,(H,20,24)(H,21,22). The molecular formula is C19H18N4O2S2. The highest BCUT2D eigenvalue weighted by molar-refractivity contribution is 8.01. The molecule has 2 aromatic carbocycles. The van der Waals surface area contributed by atoms with Crippen molar-refractivity contribution < 1.29 is 9.53 Å². The first-order chi connectivity index (χ1) is 13.2. The molecule has 1 aliphatic rings. The average molecular weight is 399 g/mol. The number of amides is 1. The van der Waals surface area contributed by atoms with Gasteiger partial charge in [-0.25, -0.2) is 0 Å². The van der Waals surface area contributed by atoms with Gasteiger partial charge in [-0.2, -0.15) is 0 Å². The van der Waals surface area contributed by atoms with E-state index in [-0.39, 0.29) is 5.91 Å². The topological polar surface area (TPSA) is 76.1 Å². The van der Waals surface area contributed by atoms with Gasteiger partial charge in [0.1, 0.15) is 11.5 Å². The number of hydrogen-bond acceptors (Lipinski definition) is 7. The first kappa shape index (κ1) is 17.8. The van der Waals surface area contributed by atoms with Gasteiger partial charge in [-0.1, -0.05) is 41.3 Å². The average Bonchev–Trinajstić information content (AvgIpc) is 3.39. The molecule has 1 amide bonds. The van der Waals surface area contributed by atoms with Crippen molar-refractivity contribution in [2.24, 2.45) is 0 Å². The van der Waals surface area contributed by atoms with Crippen LogP contribution in [-0.2, 0) is 4.79 Å².